The predicted octanol–water partition coefficient (Wildman–Crippen LogP) is 1.51. The summed E-state index contributed by atoms with van der Waals surface area (Å²) in [5.41, 5.74) is -4.29. The minimum atomic E-state index is -4.93. The van der Waals surface area contributed by atoms with Gasteiger partial charge >= 0.3 is 17.8 Å². The van der Waals surface area contributed by atoms with Crippen LogP contribution in [0.1, 0.15) is 11.5 Å². The van der Waals surface area contributed by atoms with E-state index < -0.39 is 35.6 Å². The summed E-state index contributed by atoms with van der Waals surface area (Å²) in [7, 11) is 0.852. The quantitative estimate of drug-likeness (QED) is 0.544. The highest BCUT2D eigenvalue weighted by Crippen LogP contribution is 2.33. The first kappa shape index (κ1) is 23.3. The van der Waals surface area contributed by atoms with Gasteiger partial charge in [0.15, 0.2) is 5.82 Å². The number of benzene rings is 1. The fraction of sp³-hybridized carbons (Fsp3) is 0.250. The van der Waals surface area contributed by atoms with Crippen molar-refractivity contribution in [1.29, 1.82) is 0 Å². The molecule has 2 aromatic heterocycles. The highest BCUT2D eigenvalue weighted by molar-refractivity contribution is 6.36. The van der Waals surface area contributed by atoms with Gasteiger partial charge in [-0.05, 0) is 16.5 Å². The largest absolute Gasteiger partial charge is 0.484 e. The molecule has 170 valence electrons. The summed E-state index contributed by atoms with van der Waals surface area (Å²) in [6, 6.07) is 2.45. The van der Waals surface area contributed by atoms with Crippen molar-refractivity contribution in [3.8, 4) is 11.4 Å². The molecule has 0 spiro atoms. The monoisotopic (exact) mass is 494 g/mol. The zero-order valence-corrected chi connectivity index (χ0v) is 17.3. The number of carboxylic acids is 1. The SMILES string of the molecule is Cn1c(C(F)(F)F)cc(=O)n(-c2cc(OCc3nnnn3CC(=O)O)c(Cl)cc2Cl)c1=O. The summed E-state index contributed by atoms with van der Waals surface area (Å²) in [5.74, 6) is -1.31. The summed E-state index contributed by atoms with van der Waals surface area (Å²) in [5, 5.41) is 19.0. The Bertz CT molecular complexity index is 1320. The topological polar surface area (TPSA) is 134 Å². The molecule has 16 heteroatoms. The molecule has 0 amide bonds. The Morgan fingerprint density at radius 3 is 2.50 bits per heavy atom. The van der Waals surface area contributed by atoms with Crippen molar-refractivity contribution in [3.63, 3.8) is 0 Å². The van der Waals surface area contributed by atoms with Crippen molar-refractivity contribution in [3.05, 3.63) is 60.6 Å². The molecule has 1 aromatic carbocycles. The molecule has 0 aliphatic carbocycles. The van der Waals surface area contributed by atoms with Gasteiger partial charge in [0.2, 0.25) is 0 Å². The van der Waals surface area contributed by atoms with Crippen LogP contribution in [0.2, 0.25) is 10.0 Å². The molecule has 0 unspecified atom stereocenters. The third-order valence-corrected chi connectivity index (χ3v) is 4.70. The average Bonchev–Trinajstić information content (AvgIpc) is 3.10. The van der Waals surface area contributed by atoms with E-state index in [1.54, 1.807) is 0 Å². The normalized spacial score (nSPS) is 11.6. The van der Waals surface area contributed by atoms with Crippen molar-refractivity contribution >= 4 is 29.2 Å². The molecular formula is C16H11Cl2F3N6O5. The van der Waals surface area contributed by atoms with E-state index in [0.717, 1.165) is 23.9 Å². The van der Waals surface area contributed by atoms with Crippen LogP contribution in [0.4, 0.5) is 13.2 Å². The number of aliphatic carboxylic acids is 1. The molecule has 1 N–H and O–H groups in total. The Kier molecular flexibility index (Phi) is 6.27. The fourth-order valence-electron chi connectivity index (χ4n) is 2.64. The lowest BCUT2D eigenvalue weighted by atomic mass is 10.2. The lowest BCUT2D eigenvalue weighted by Gasteiger charge is -2.16. The first-order chi connectivity index (χ1) is 14.9. The Balaban J connectivity index is 2.03. The van der Waals surface area contributed by atoms with Gasteiger partial charge in [0.05, 0.1) is 15.7 Å². The van der Waals surface area contributed by atoms with Gasteiger partial charge in [-0.15, -0.1) is 5.10 Å². The van der Waals surface area contributed by atoms with E-state index in [0.29, 0.717) is 4.57 Å². The highest BCUT2D eigenvalue weighted by Gasteiger charge is 2.35. The van der Waals surface area contributed by atoms with E-state index in [2.05, 4.69) is 15.5 Å². The molecule has 0 radical (unpaired) electrons. The third-order valence-electron chi connectivity index (χ3n) is 4.10. The Morgan fingerprint density at radius 2 is 1.88 bits per heavy atom. The van der Waals surface area contributed by atoms with Crippen molar-refractivity contribution in [2.75, 3.05) is 0 Å². The number of ether oxygens (including phenoxy) is 1. The number of hydrogen-bond acceptors (Lipinski definition) is 7. The maximum Gasteiger partial charge on any atom is 0.431 e. The van der Waals surface area contributed by atoms with Gasteiger partial charge in [-0.25, -0.2) is 14.0 Å². The minimum Gasteiger partial charge on any atom is -0.484 e. The molecule has 0 bridgehead atoms. The standard InChI is InChI=1S/C16H11Cl2F3N6O5/c1-25-11(16(19,20)21)4-13(28)27(15(25)31)9-3-10(8(18)2-7(9)17)32-6-12-22-23-24-26(12)5-14(29)30/h2-4H,5-6H2,1H3,(H,29,30). The zero-order valence-electron chi connectivity index (χ0n) is 15.8. The second-order valence-electron chi connectivity index (χ2n) is 6.21. The van der Waals surface area contributed by atoms with Crippen LogP contribution >= 0.6 is 23.2 Å². The molecule has 11 nitrogen and oxygen atoms in total. The third kappa shape index (κ3) is 4.60. The Morgan fingerprint density at radius 1 is 1.19 bits per heavy atom. The molecule has 3 aromatic rings. The Hall–Kier alpha value is -3.39. The van der Waals surface area contributed by atoms with Gasteiger partial charge < -0.3 is 9.84 Å². The second kappa shape index (κ2) is 8.63. The minimum absolute atomic E-state index is 0.0163. The first-order valence-electron chi connectivity index (χ1n) is 8.39. The van der Waals surface area contributed by atoms with Crippen LogP contribution in [0.25, 0.3) is 5.69 Å². The first-order valence-corrected chi connectivity index (χ1v) is 9.15. The van der Waals surface area contributed by atoms with Crippen LogP contribution in [0.3, 0.4) is 0 Å². The summed E-state index contributed by atoms with van der Waals surface area (Å²) in [4.78, 5) is 35.7. The van der Waals surface area contributed by atoms with Crippen LogP contribution in [-0.2, 0) is 31.2 Å². The van der Waals surface area contributed by atoms with Crippen LogP contribution in [-0.4, -0.2) is 40.4 Å². The summed E-state index contributed by atoms with van der Waals surface area (Å²) < 4.78 is 46.3. The summed E-state index contributed by atoms with van der Waals surface area (Å²) in [6.45, 7) is -0.900. The summed E-state index contributed by atoms with van der Waals surface area (Å²) >= 11 is 12.1. The van der Waals surface area contributed by atoms with E-state index in [1.807, 2.05) is 0 Å². The lowest BCUT2D eigenvalue weighted by Crippen LogP contribution is -2.40. The molecule has 3 rings (SSSR count). The molecule has 0 saturated heterocycles. The van der Waals surface area contributed by atoms with Gasteiger partial charge in [0.1, 0.15) is 24.6 Å². The van der Waals surface area contributed by atoms with Crippen molar-refractivity contribution in [2.45, 2.75) is 19.3 Å². The number of halogens is 5. The lowest BCUT2D eigenvalue weighted by molar-refractivity contribution is -0.144. The molecular weight excluding hydrogens is 484 g/mol. The molecule has 0 fully saturated rings. The summed E-state index contributed by atoms with van der Waals surface area (Å²) in [6.07, 6.45) is -4.93. The van der Waals surface area contributed by atoms with Crippen LogP contribution in [0.5, 0.6) is 5.75 Å². The molecule has 0 aliphatic heterocycles. The number of hydrogen-bond donors (Lipinski definition) is 1. The molecule has 0 saturated carbocycles. The van der Waals surface area contributed by atoms with E-state index in [4.69, 9.17) is 33.0 Å². The smallest absolute Gasteiger partial charge is 0.431 e. The van der Waals surface area contributed by atoms with Crippen LogP contribution in [0, 0.1) is 0 Å². The molecule has 2 heterocycles. The predicted molar refractivity (Wildman–Crippen MR) is 102 cm³/mol. The number of nitrogens with zero attached hydrogens (tertiary/aromatic N) is 6. The van der Waals surface area contributed by atoms with Gasteiger partial charge in [0, 0.05) is 19.2 Å². The number of tetrazole rings is 1. The van der Waals surface area contributed by atoms with E-state index in [-0.39, 0.29) is 44.5 Å². The maximum atomic E-state index is 13.1. The number of alkyl halides is 3. The van der Waals surface area contributed by atoms with Gasteiger partial charge in [-0.1, -0.05) is 23.2 Å². The average molecular weight is 495 g/mol. The number of carbonyl (C=O) groups is 1. The van der Waals surface area contributed by atoms with Gasteiger partial charge in [-0.2, -0.15) is 13.2 Å². The fourth-order valence-corrected chi connectivity index (χ4v) is 3.16. The van der Waals surface area contributed by atoms with E-state index >= 15 is 0 Å². The van der Waals surface area contributed by atoms with Crippen molar-refractivity contribution < 1.29 is 27.8 Å². The van der Waals surface area contributed by atoms with Gasteiger partial charge in [-0.3, -0.25) is 14.2 Å². The van der Waals surface area contributed by atoms with Crippen LogP contribution < -0.4 is 16.0 Å². The molecule has 0 atom stereocenters. The maximum absolute atomic E-state index is 13.1. The number of carboxylic acid groups (broad SMARTS) is 1. The van der Waals surface area contributed by atoms with Gasteiger partial charge in [0.25, 0.3) is 5.56 Å². The zero-order chi connectivity index (χ0) is 23.8. The molecule has 32 heavy (non-hydrogen) atoms. The van der Waals surface area contributed by atoms with E-state index in [1.165, 1.54) is 0 Å². The number of aromatic nitrogens is 6. The van der Waals surface area contributed by atoms with E-state index in [9.17, 15) is 27.6 Å². The number of rotatable bonds is 6. The molecule has 0 aliphatic rings. The highest BCUT2D eigenvalue weighted by atomic mass is 35.5. The second-order valence-corrected chi connectivity index (χ2v) is 7.03. The van der Waals surface area contributed by atoms with Crippen LogP contribution in [0.15, 0.2) is 27.8 Å². The van der Waals surface area contributed by atoms with Crippen molar-refractivity contribution in [1.82, 2.24) is 29.3 Å². The van der Waals surface area contributed by atoms with Crippen molar-refractivity contribution in [2.24, 2.45) is 7.05 Å². The Labute approximate surface area is 185 Å².